The fourth-order valence-electron chi connectivity index (χ4n) is 1.67. The Labute approximate surface area is 106 Å². The quantitative estimate of drug-likeness (QED) is 0.875. The van der Waals surface area contributed by atoms with Gasteiger partial charge in [0.15, 0.2) is 0 Å². The standard InChI is InChI=1S/C12H20N2O2S/c1-9(2)5-13-6-10-7-14-12(17-10)11-8-15-3-4-16-11/h7,9,11,13H,3-6,8H2,1-2H3. The van der Waals surface area contributed by atoms with Crippen molar-refractivity contribution in [2.75, 3.05) is 26.4 Å². The van der Waals surface area contributed by atoms with Crippen LogP contribution >= 0.6 is 11.3 Å². The Bertz CT molecular complexity index is 335. The third-order valence-electron chi connectivity index (χ3n) is 2.51. The van der Waals surface area contributed by atoms with E-state index in [0.717, 1.165) is 18.1 Å². The van der Waals surface area contributed by atoms with Gasteiger partial charge in [0, 0.05) is 17.6 Å². The van der Waals surface area contributed by atoms with E-state index in [1.165, 1.54) is 4.88 Å². The van der Waals surface area contributed by atoms with Crippen molar-refractivity contribution in [3.63, 3.8) is 0 Å². The van der Waals surface area contributed by atoms with E-state index in [1.807, 2.05) is 6.20 Å². The van der Waals surface area contributed by atoms with Crippen LogP contribution in [0, 0.1) is 5.92 Å². The van der Waals surface area contributed by atoms with Crippen LogP contribution in [0.25, 0.3) is 0 Å². The van der Waals surface area contributed by atoms with Crippen molar-refractivity contribution in [3.8, 4) is 0 Å². The summed E-state index contributed by atoms with van der Waals surface area (Å²) in [5.41, 5.74) is 0. The summed E-state index contributed by atoms with van der Waals surface area (Å²) in [6.45, 7) is 8.35. The molecule has 1 aliphatic heterocycles. The highest BCUT2D eigenvalue weighted by atomic mass is 32.1. The highest BCUT2D eigenvalue weighted by molar-refractivity contribution is 7.11. The number of nitrogens with zero attached hydrogens (tertiary/aromatic N) is 1. The van der Waals surface area contributed by atoms with Crippen molar-refractivity contribution >= 4 is 11.3 Å². The van der Waals surface area contributed by atoms with Crippen molar-refractivity contribution in [2.45, 2.75) is 26.5 Å². The zero-order valence-corrected chi connectivity index (χ0v) is 11.3. The predicted molar refractivity (Wildman–Crippen MR) is 68.2 cm³/mol. The molecule has 17 heavy (non-hydrogen) atoms. The van der Waals surface area contributed by atoms with Gasteiger partial charge in [-0.15, -0.1) is 11.3 Å². The summed E-state index contributed by atoms with van der Waals surface area (Å²) in [4.78, 5) is 5.67. The summed E-state index contributed by atoms with van der Waals surface area (Å²) in [5, 5.41) is 4.45. The van der Waals surface area contributed by atoms with E-state index in [2.05, 4.69) is 24.1 Å². The molecule has 2 heterocycles. The van der Waals surface area contributed by atoms with Gasteiger partial charge in [-0.05, 0) is 12.5 Å². The third-order valence-corrected chi connectivity index (χ3v) is 3.60. The molecule has 1 aliphatic rings. The van der Waals surface area contributed by atoms with E-state index in [4.69, 9.17) is 9.47 Å². The van der Waals surface area contributed by atoms with Crippen LogP contribution in [0.4, 0.5) is 0 Å². The molecule has 0 spiro atoms. The average Bonchev–Trinajstić information content (AvgIpc) is 2.78. The molecular formula is C12H20N2O2S. The maximum Gasteiger partial charge on any atom is 0.132 e. The number of aromatic nitrogens is 1. The number of rotatable bonds is 5. The van der Waals surface area contributed by atoms with Crippen LogP contribution in [-0.4, -0.2) is 31.3 Å². The molecule has 1 fully saturated rings. The Morgan fingerprint density at radius 3 is 3.12 bits per heavy atom. The molecule has 0 radical (unpaired) electrons. The number of nitrogens with one attached hydrogen (secondary N) is 1. The zero-order valence-electron chi connectivity index (χ0n) is 10.4. The molecule has 0 aromatic carbocycles. The van der Waals surface area contributed by atoms with Gasteiger partial charge in [-0.3, -0.25) is 0 Å². The monoisotopic (exact) mass is 256 g/mol. The fraction of sp³-hybridized carbons (Fsp3) is 0.750. The maximum absolute atomic E-state index is 5.62. The van der Waals surface area contributed by atoms with Crippen LogP contribution in [0.15, 0.2) is 6.20 Å². The summed E-state index contributed by atoms with van der Waals surface area (Å²) < 4.78 is 11.0. The SMILES string of the molecule is CC(C)CNCc1cnc(C2COCCO2)s1. The van der Waals surface area contributed by atoms with Gasteiger partial charge in [0.05, 0.1) is 19.8 Å². The van der Waals surface area contributed by atoms with Crippen LogP contribution < -0.4 is 5.32 Å². The summed E-state index contributed by atoms with van der Waals surface area (Å²) in [6.07, 6.45) is 1.97. The highest BCUT2D eigenvalue weighted by Gasteiger charge is 2.19. The van der Waals surface area contributed by atoms with E-state index in [9.17, 15) is 0 Å². The Morgan fingerprint density at radius 1 is 1.53 bits per heavy atom. The van der Waals surface area contributed by atoms with Gasteiger partial charge in [-0.25, -0.2) is 4.98 Å². The summed E-state index contributed by atoms with van der Waals surface area (Å²) in [5.74, 6) is 0.678. The second kappa shape index (κ2) is 6.44. The topological polar surface area (TPSA) is 43.4 Å². The maximum atomic E-state index is 5.62. The number of thiazole rings is 1. The van der Waals surface area contributed by atoms with E-state index in [-0.39, 0.29) is 6.10 Å². The Balaban J connectivity index is 1.82. The molecule has 1 saturated heterocycles. The molecule has 0 aliphatic carbocycles. The Morgan fingerprint density at radius 2 is 2.41 bits per heavy atom. The van der Waals surface area contributed by atoms with Gasteiger partial charge in [-0.2, -0.15) is 0 Å². The van der Waals surface area contributed by atoms with Gasteiger partial charge in [-0.1, -0.05) is 13.8 Å². The molecule has 1 N–H and O–H groups in total. The van der Waals surface area contributed by atoms with E-state index < -0.39 is 0 Å². The molecule has 96 valence electrons. The minimum Gasteiger partial charge on any atom is -0.376 e. The third kappa shape index (κ3) is 4.03. The first-order chi connectivity index (χ1) is 8.25. The van der Waals surface area contributed by atoms with Crippen molar-refractivity contribution in [3.05, 3.63) is 16.1 Å². The largest absolute Gasteiger partial charge is 0.376 e. The van der Waals surface area contributed by atoms with Crippen LogP contribution in [0.3, 0.4) is 0 Å². The minimum atomic E-state index is 0.0348. The smallest absolute Gasteiger partial charge is 0.132 e. The first kappa shape index (κ1) is 13.0. The Kier molecular flexibility index (Phi) is 4.91. The van der Waals surface area contributed by atoms with Crippen molar-refractivity contribution in [1.82, 2.24) is 10.3 Å². The molecule has 1 atom stereocenters. The molecule has 2 rings (SSSR count). The first-order valence-electron chi connectivity index (χ1n) is 6.10. The van der Waals surface area contributed by atoms with E-state index >= 15 is 0 Å². The lowest BCUT2D eigenvalue weighted by Gasteiger charge is -2.20. The lowest BCUT2D eigenvalue weighted by atomic mass is 10.2. The van der Waals surface area contributed by atoms with Gasteiger partial charge >= 0.3 is 0 Å². The van der Waals surface area contributed by atoms with Crippen molar-refractivity contribution in [1.29, 1.82) is 0 Å². The summed E-state index contributed by atoms with van der Waals surface area (Å²) >= 11 is 1.71. The van der Waals surface area contributed by atoms with Gasteiger partial charge in [0.25, 0.3) is 0 Å². The van der Waals surface area contributed by atoms with Crippen molar-refractivity contribution in [2.24, 2.45) is 5.92 Å². The number of ether oxygens (including phenoxy) is 2. The molecule has 0 saturated carbocycles. The normalized spacial score (nSPS) is 21.0. The average molecular weight is 256 g/mol. The lowest BCUT2D eigenvalue weighted by Crippen LogP contribution is -2.21. The van der Waals surface area contributed by atoms with E-state index in [1.54, 1.807) is 11.3 Å². The van der Waals surface area contributed by atoms with Crippen molar-refractivity contribution < 1.29 is 9.47 Å². The number of hydrogen-bond acceptors (Lipinski definition) is 5. The minimum absolute atomic E-state index is 0.0348. The fourth-order valence-corrected chi connectivity index (χ4v) is 2.59. The van der Waals surface area contributed by atoms with Crippen LogP contribution in [0.5, 0.6) is 0 Å². The highest BCUT2D eigenvalue weighted by Crippen LogP contribution is 2.25. The summed E-state index contributed by atoms with van der Waals surface area (Å²) in [7, 11) is 0. The molecule has 5 heteroatoms. The zero-order chi connectivity index (χ0) is 12.1. The predicted octanol–water partition coefficient (Wildman–Crippen LogP) is 1.98. The molecular weight excluding hydrogens is 236 g/mol. The van der Waals surface area contributed by atoms with Crippen LogP contribution in [0.1, 0.15) is 29.8 Å². The second-order valence-corrected chi connectivity index (χ2v) is 5.77. The van der Waals surface area contributed by atoms with Gasteiger partial charge < -0.3 is 14.8 Å². The van der Waals surface area contributed by atoms with Gasteiger partial charge in [0.1, 0.15) is 11.1 Å². The number of hydrogen-bond donors (Lipinski definition) is 1. The van der Waals surface area contributed by atoms with Crippen LogP contribution in [0.2, 0.25) is 0 Å². The Hall–Kier alpha value is -0.490. The first-order valence-corrected chi connectivity index (χ1v) is 6.92. The second-order valence-electron chi connectivity index (χ2n) is 4.62. The molecule has 0 amide bonds. The van der Waals surface area contributed by atoms with E-state index in [0.29, 0.717) is 25.7 Å². The lowest BCUT2D eigenvalue weighted by molar-refractivity contribution is -0.0901. The summed E-state index contributed by atoms with van der Waals surface area (Å²) in [6, 6.07) is 0. The molecule has 1 aromatic rings. The van der Waals surface area contributed by atoms with Crippen LogP contribution in [-0.2, 0) is 16.0 Å². The van der Waals surface area contributed by atoms with Gasteiger partial charge in [0.2, 0.25) is 0 Å². The molecule has 4 nitrogen and oxygen atoms in total. The molecule has 1 unspecified atom stereocenters. The molecule has 0 bridgehead atoms. The molecule has 1 aromatic heterocycles.